The zero-order chi connectivity index (χ0) is 15.4. The monoisotopic (exact) mass is 391 g/mol. The van der Waals surface area contributed by atoms with E-state index < -0.39 is 10.0 Å². The van der Waals surface area contributed by atoms with Crippen LogP contribution in [-0.4, -0.2) is 52.6 Å². The number of sulfonamides is 1. The van der Waals surface area contributed by atoms with Crippen molar-refractivity contribution in [2.75, 3.05) is 39.3 Å². The van der Waals surface area contributed by atoms with E-state index in [1.165, 1.54) is 0 Å². The molecule has 0 atom stereocenters. The zero-order valence-electron chi connectivity index (χ0n) is 13.3. The average Bonchev–Trinajstić information content (AvgIpc) is 2.55. The summed E-state index contributed by atoms with van der Waals surface area (Å²) in [6, 6.07) is 12.9. The van der Waals surface area contributed by atoms with Gasteiger partial charge in [-0.3, -0.25) is 4.90 Å². The van der Waals surface area contributed by atoms with Gasteiger partial charge in [0.15, 0.2) is 0 Å². The standard InChI is InChI=1S/C16H21N3O2S.2ClH/c20-22(21,18-10-13-19-11-8-17-9-12-19)16-7-3-5-14-4-1-2-6-15(14)16;;/h1-7,17-18H,8-13H2;2*1H. The Kier molecular flexibility index (Phi) is 8.42. The lowest BCUT2D eigenvalue weighted by atomic mass is 10.1. The lowest BCUT2D eigenvalue weighted by Gasteiger charge is -2.27. The SMILES string of the molecule is Cl.Cl.O=S(=O)(NCCN1CCNCC1)c1cccc2ccccc12. The van der Waals surface area contributed by atoms with E-state index in [9.17, 15) is 8.42 Å². The molecular weight excluding hydrogens is 369 g/mol. The molecule has 1 saturated heterocycles. The Hall–Kier alpha value is -0.890. The Morgan fingerprint density at radius 3 is 2.42 bits per heavy atom. The zero-order valence-corrected chi connectivity index (χ0v) is 15.7. The van der Waals surface area contributed by atoms with Crippen molar-refractivity contribution in [3.63, 3.8) is 0 Å². The van der Waals surface area contributed by atoms with E-state index in [1.54, 1.807) is 12.1 Å². The fraction of sp³-hybridized carbons (Fsp3) is 0.375. The molecule has 2 aromatic rings. The maximum Gasteiger partial charge on any atom is 0.241 e. The van der Waals surface area contributed by atoms with Crippen LogP contribution in [-0.2, 0) is 10.0 Å². The van der Waals surface area contributed by atoms with Crippen LogP contribution in [0.5, 0.6) is 0 Å². The van der Waals surface area contributed by atoms with Gasteiger partial charge in [-0.2, -0.15) is 0 Å². The Balaban J connectivity index is 0.00000144. The fourth-order valence-corrected chi connectivity index (χ4v) is 4.03. The minimum absolute atomic E-state index is 0. The van der Waals surface area contributed by atoms with Gasteiger partial charge in [0.25, 0.3) is 0 Å². The number of halogens is 2. The molecule has 8 heteroatoms. The van der Waals surface area contributed by atoms with Crippen LogP contribution < -0.4 is 10.0 Å². The highest BCUT2D eigenvalue weighted by Crippen LogP contribution is 2.22. The normalized spacial score (nSPS) is 15.5. The number of hydrogen-bond acceptors (Lipinski definition) is 4. The van der Waals surface area contributed by atoms with Gasteiger partial charge in [-0.25, -0.2) is 13.1 Å². The fourth-order valence-electron chi connectivity index (χ4n) is 2.78. The number of benzene rings is 2. The molecule has 1 fully saturated rings. The number of rotatable bonds is 5. The lowest BCUT2D eigenvalue weighted by molar-refractivity contribution is 0.245. The van der Waals surface area contributed by atoms with E-state index in [4.69, 9.17) is 0 Å². The Labute approximate surface area is 155 Å². The van der Waals surface area contributed by atoms with E-state index in [0.717, 1.165) is 43.5 Å². The molecule has 2 N–H and O–H groups in total. The molecule has 5 nitrogen and oxygen atoms in total. The summed E-state index contributed by atoms with van der Waals surface area (Å²) in [4.78, 5) is 2.62. The van der Waals surface area contributed by atoms with Crippen LogP contribution in [0, 0.1) is 0 Å². The molecule has 0 amide bonds. The number of fused-ring (bicyclic) bond motifs is 1. The van der Waals surface area contributed by atoms with E-state index in [2.05, 4.69) is 14.9 Å². The van der Waals surface area contributed by atoms with E-state index in [1.807, 2.05) is 30.3 Å². The van der Waals surface area contributed by atoms with Crippen LogP contribution in [0.4, 0.5) is 0 Å². The van der Waals surface area contributed by atoms with E-state index >= 15 is 0 Å². The quantitative estimate of drug-likeness (QED) is 0.816. The number of piperazine rings is 1. The van der Waals surface area contributed by atoms with Gasteiger partial charge in [0.2, 0.25) is 10.0 Å². The summed E-state index contributed by atoms with van der Waals surface area (Å²) in [7, 11) is -3.48. The molecule has 0 radical (unpaired) electrons. The predicted molar refractivity (Wildman–Crippen MR) is 103 cm³/mol. The average molecular weight is 392 g/mol. The highest BCUT2D eigenvalue weighted by atomic mass is 35.5. The van der Waals surface area contributed by atoms with Gasteiger partial charge in [-0.15, -0.1) is 24.8 Å². The molecule has 24 heavy (non-hydrogen) atoms. The molecule has 0 unspecified atom stereocenters. The van der Waals surface area contributed by atoms with Crippen molar-refractivity contribution < 1.29 is 8.42 Å². The summed E-state index contributed by atoms with van der Waals surface area (Å²) < 4.78 is 27.8. The first kappa shape index (κ1) is 21.2. The first-order valence-corrected chi connectivity index (χ1v) is 9.06. The van der Waals surface area contributed by atoms with Crippen LogP contribution >= 0.6 is 24.8 Å². The molecule has 0 aromatic heterocycles. The maximum absolute atomic E-state index is 12.5. The summed E-state index contributed by atoms with van der Waals surface area (Å²) in [6.45, 7) is 5.05. The molecule has 1 aliphatic heterocycles. The van der Waals surface area contributed by atoms with Gasteiger partial charge in [-0.1, -0.05) is 36.4 Å². The summed E-state index contributed by atoms with van der Waals surface area (Å²) >= 11 is 0. The maximum atomic E-state index is 12.5. The van der Waals surface area contributed by atoms with Crippen LogP contribution in [0.3, 0.4) is 0 Å². The molecule has 0 aliphatic carbocycles. The van der Waals surface area contributed by atoms with E-state index in [0.29, 0.717) is 11.4 Å². The van der Waals surface area contributed by atoms with Crippen molar-refractivity contribution in [1.29, 1.82) is 0 Å². The number of hydrogen-bond donors (Lipinski definition) is 2. The van der Waals surface area contributed by atoms with Gasteiger partial charge in [-0.05, 0) is 11.5 Å². The highest BCUT2D eigenvalue weighted by molar-refractivity contribution is 7.89. The molecule has 2 aromatic carbocycles. The van der Waals surface area contributed by atoms with Crippen molar-refractivity contribution in [3.8, 4) is 0 Å². The van der Waals surface area contributed by atoms with Crippen molar-refractivity contribution >= 4 is 45.6 Å². The Bertz CT molecular complexity index is 745. The van der Waals surface area contributed by atoms with Crippen LogP contribution in [0.1, 0.15) is 0 Å². The van der Waals surface area contributed by atoms with Crippen molar-refractivity contribution in [2.24, 2.45) is 0 Å². The molecule has 134 valence electrons. The first-order chi connectivity index (χ1) is 10.7. The summed E-state index contributed by atoms with van der Waals surface area (Å²) in [5.74, 6) is 0. The van der Waals surface area contributed by atoms with Crippen LogP contribution in [0.25, 0.3) is 10.8 Å². The van der Waals surface area contributed by atoms with E-state index in [-0.39, 0.29) is 24.8 Å². The third kappa shape index (κ3) is 5.05. The molecular formula is C16H23Cl2N3O2S. The summed E-state index contributed by atoms with van der Waals surface area (Å²) in [5, 5.41) is 4.99. The van der Waals surface area contributed by atoms with Gasteiger partial charge in [0.1, 0.15) is 0 Å². The molecule has 1 aliphatic rings. The molecule has 0 saturated carbocycles. The summed E-state index contributed by atoms with van der Waals surface area (Å²) in [6.07, 6.45) is 0. The largest absolute Gasteiger partial charge is 0.314 e. The van der Waals surface area contributed by atoms with Crippen LogP contribution in [0.15, 0.2) is 47.4 Å². The molecule has 0 bridgehead atoms. The van der Waals surface area contributed by atoms with Gasteiger partial charge in [0, 0.05) is 44.7 Å². The smallest absolute Gasteiger partial charge is 0.241 e. The van der Waals surface area contributed by atoms with Crippen molar-refractivity contribution in [1.82, 2.24) is 14.9 Å². The topological polar surface area (TPSA) is 61.4 Å². The van der Waals surface area contributed by atoms with Crippen molar-refractivity contribution in [3.05, 3.63) is 42.5 Å². The highest BCUT2D eigenvalue weighted by Gasteiger charge is 2.17. The molecule has 1 heterocycles. The second-order valence-corrected chi connectivity index (χ2v) is 7.20. The Morgan fingerprint density at radius 1 is 1.00 bits per heavy atom. The summed E-state index contributed by atoms with van der Waals surface area (Å²) in [5.41, 5.74) is 0. The van der Waals surface area contributed by atoms with Gasteiger partial charge < -0.3 is 5.32 Å². The van der Waals surface area contributed by atoms with Crippen LogP contribution in [0.2, 0.25) is 0 Å². The predicted octanol–water partition coefficient (Wildman–Crippen LogP) is 1.87. The third-order valence-electron chi connectivity index (χ3n) is 3.97. The van der Waals surface area contributed by atoms with Gasteiger partial charge in [0.05, 0.1) is 4.90 Å². The Morgan fingerprint density at radius 2 is 1.67 bits per heavy atom. The second-order valence-electron chi connectivity index (χ2n) is 5.47. The minimum atomic E-state index is -3.48. The minimum Gasteiger partial charge on any atom is -0.314 e. The molecule has 3 rings (SSSR count). The molecule has 0 spiro atoms. The first-order valence-electron chi connectivity index (χ1n) is 7.57. The second kappa shape index (κ2) is 9.56. The number of nitrogens with one attached hydrogen (secondary N) is 2. The number of nitrogens with zero attached hydrogens (tertiary/aromatic N) is 1. The third-order valence-corrected chi connectivity index (χ3v) is 5.49. The van der Waals surface area contributed by atoms with Crippen molar-refractivity contribution in [2.45, 2.75) is 4.90 Å². The van der Waals surface area contributed by atoms with Gasteiger partial charge >= 0.3 is 0 Å². The lowest BCUT2D eigenvalue weighted by Crippen LogP contribution is -2.46.